The number of rotatable bonds is 4. The maximum atomic E-state index is 13.8. The monoisotopic (exact) mass is 372 g/mol. The van der Waals surface area contributed by atoms with Gasteiger partial charge in [0.1, 0.15) is 22.0 Å². The van der Waals surface area contributed by atoms with Gasteiger partial charge in [0.15, 0.2) is 5.78 Å². The van der Waals surface area contributed by atoms with Gasteiger partial charge in [-0.15, -0.1) is 11.3 Å². The van der Waals surface area contributed by atoms with Gasteiger partial charge >= 0.3 is 0 Å². The van der Waals surface area contributed by atoms with E-state index in [1.807, 2.05) is 0 Å². The van der Waals surface area contributed by atoms with Crippen LogP contribution in [-0.2, 0) is 12.8 Å². The number of thiophene rings is 1. The number of carbonyl (C=O) groups is 1. The van der Waals surface area contributed by atoms with E-state index in [4.69, 9.17) is 0 Å². The lowest BCUT2D eigenvalue weighted by Gasteiger charge is -2.18. The minimum Gasteiger partial charge on any atom is -0.293 e. The summed E-state index contributed by atoms with van der Waals surface area (Å²) < 4.78 is 13.8. The van der Waals surface area contributed by atoms with Crippen LogP contribution in [0.4, 0.5) is 4.39 Å². The van der Waals surface area contributed by atoms with E-state index in [2.05, 4.69) is 16.9 Å². The number of Topliss-reactive ketones (excluding diaryl/α,β-unsaturated/α-hetero) is 1. The lowest BCUT2D eigenvalue weighted by atomic mass is 9.89. The van der Waals surface area contributed by atoms with Crippen molar-refractivity contribution in [3.05, 3.63) is 52.4 Å². The highest BCUT2D eigenvalue weighted by Crippen LogP contribution is 2.40. The normalized spacial score (nSPS) is 16.8. The van der Waals surface area contributed by atoms with Crippen LogP contribution in [0.3, 0.4) is 0 Å². The average Bonchev–Trinajstić information content (AvgIpc) is 2.98. The molecule has 25 heavy (non-hydrogen) atoms. The van der Waals surface area contributed by atoms with Gasteiger partial charge in [-0.2, -0.15) is 0 Å². The molecule has 1 aromatic carbocycles. The SMILES string of the molecule is C[C@@H]1CCc2c(sc3ncnc(SCC(=O)c4ccccc4F)c23)C1. The zero-order valence-electron chi connectivity index (χ0n) is 13.8. The van der Waals surface area contributed by atoms with E-state index in [0.717, 1.165) is 28.1 Å². The molecule has 0 unspecified atom stereocenters. The van der Waals surface area contributed by atoms with Crippen LogP contribution >= 0.6 is 23.1 Å². The highest BCUT2D eigenvalue weighted by Gasteiger charge is 2.23. The average molecular weight is 372 g/mol. The molecule has 2 heterocycles. The zero-order valence-corrected chi connectivity index (χ0v) is 15.4. The Morgan fingerprint density at radius 2 is 2.20 bits per heavy atom. The molecule has 0 saturated carbocycles. The number of hydrogen-bond donors (Lipinski definition) is 0. The number of aromatic nitrogens is 2. The molecule has 0 saturated heterocycles. The van der Waals surface area contributed by atoms with Crippen molar-refractivity contribution in [2.45, 2.75) is 31.2 Å². The molecule has 4 rings (SSSR count). The van der Waals surface area contributed by atoms with Crippen LogP contribution in [0, 0.1) is 11.7 Å². The van der Waals surface area contributed by atoms with E-state index in [1.165, 1.54) is 40.8 Å². The standard InChI is InChI=1S/C19H17FN2OS2/c1-11-6-7-13-16(8-11)25-19-17(13)18(21-10-22-19)24-9-15(23)12-4-2-3-5-14(12)20/h2-5,10-11H,6-9H2,1H3/t11-/m1/s1. The molecule has 0 radical (unpaired) electrons. The molecule has 1 aliphatic rings. The second-order valence-corrected chi connectivity index (χ2v) is 8.45. The van der Waals surface area contributed by atoms with Crippen LogP contribution in [0.15, 0.2) is 35.6 Å². The predicted octanol–water partition coefficient (Wildman–Crippen LogP) is 4.93. The first-order valence-corrected chi connectivity index (χ1v) is 10.1. The molecule has 0 N–H and O–H groups in total. The van der Waals surface area contributed by atoms with Crippen molar-refractivity contribution >= 4 is 39.1 Å². The third-order valence-corrected chi connectivity index (χ3v) is 6.72. The van der Waals surface area contributed by atoms with Gasteiger partial charge in [0, 0.05) is 10.3 Å². The van der Waals surface area contributed by atoms with Crippen molar-refractivity contribution in [1.82, 2.24) is 9.97 Å². The molecule has 0 amide bonds. The molecular formula is C19H17FN2OS2. The molecule has 2 aromatic heterocycles. The molecule has 0 spiro atoms. The molecule has 3 nitrogen and oxygen atoms in total. The molecule has 0 bridgehead atoms. The molecule has 0 aliphatic heterocycles. The van der Waals surface area contributed by atoms with E-state index in [1.54, 1.807) is 29.8 Å². The van der Waals surface area contributed by atoms with Crippen molar-refractivity contribution in [3.8, 4) is 0 Å². The minimum atomic E-state index is -0.470. The molecule has 6 heteroatoms. The maximum Gasteiger partial charge on any atom is 0.176 e. The summed E-state index contributed by atoms with van der Waals surface area (Å²) in [6.07, 6.45) is 4.86. The summed E-state index contributed by atoms with van der Waals surface area (Å²) in [7, 11) is 0. The Labute approximate surface area is 153 Å². The Kier molecular flexibility index (Phi) is 4.56. The lowest BCUT2D eigenvalue weighted by Crippen LogP contribution is -2.09. The van der Waals surface area contributed by atoms with Crippen LogP contribution in [-0.4, -0.2) is 21.5 Å². The van der Waals surface area contributed by atoms with E-state index in [0.29, 0.717) is 5.92 Å². The van der Waals surface area contributed by atoms with Crippen LogP contribution in [0.1, 0.15) is 34.1 Å². The first-order chi connectivity index (χ1) is 12.1. The van der Waals surface area contributed by atoms with E-state index in [9.17, 15) is 9.18 Å². The number of benzene rings is 1. The number of nitrogens with zero attached hydrogens (tertiary/aromatic N) is 2. The fourth-order valence-electron chi connectivity index (χ4n) is 3.25. The Morgan fingerprint density at radius 3 is 3.04 bits per heavy atom. The largest absolute Gasteiger partial charge is 0.293 e. The van der Waals surface area contributed by atoms with Crippen molar-refractivity contribution in [2.24, 2.45) is 5.92 Å². The Bertz CT molecular complexity index is 954. The Hall–Kier alpha value is -1.79. The van der Waals surface area contributed by atoms with Crippen LogP contribution < -0.4 is 0 Å². The van der Waals surface area contributed by atoms with Gasteiger partial charge < -0.3 is 0 Å². The van der Waals surface area contributed by atoms with Gasteiger partial charge in [-0.3, -0.25) is 4.79 Å². The number of aryl methyl sites for hydroxylation is 1. The number of hydrogen-bond acceptors (Lipinski definition) is 5. The summed E-state index contributed by atoms with van der Waals surface area (Å²) in [5, 5.41) is 1.93. The van der Waals surface area contributed by atoms with E-state index >= 15 is 0 Å². The quantitative estimate of drug-likeness (QED) is 0.370. The fourth-order valence-corrected chi connectivity index (χ4v) is 5.58. The summed E-state index contributed by atoms with van der Waals surface area (Å²) in [5.41, 5.74) is 1.49. The van der Waals surface area contributed by atoms with E-state index in [-0.39, 0.29) is 17.1 Å². The van der Waals surface area contributed by atoms with Crippen molar-refractivity contribution in [3.63, 3.8) is 0 Å². The van der Waals surface area contributed by atoms with Gasteiger partial charge in [0.05, 0.1) is 11.3 Å². The number of fused-ring (bicyclic) bond motifs is 3. The Balaban J connectivity index is 1.62. The fraction of sp³-hybridized carbons (Fsp3) is 0.316. The molecule has 1 aliphatic carbocycles. The van der Waals surface area contributed by atoms with Gasteiger partial charge in [-0.25, -0.2) is 14.4 Å². The Morgan fingerprint density at radius 1 is 1.36 bits per heavy atom. The van der Waals surface area contributed by atoms with Crippen LogP contribution in [0.25, 0.3) is 10.2 Å². The third-order valence-electron chi connectivity index (χ3n) is 4.57. The summed E-state index contributed by atoms with van der Waals surface area (Å²) >= 11 is 3.12. The smallest absolute Gasteiger partial charge is 0.176 e. The van der Waals surface area contributed by atoms with Gasteiger partial charge in [0.2, 0.25) is 0 Å². The summed E-state index contributed by atoms with van der Waals surface area (Å²) in [4.78, 5) is 23.6. The highest BCUT2D eigenvalue weighted by atomic mass is 32.2. The number of halogens is 1. The van der Waals surface area contributed by atoms with Gasteiger partial charge in [-0.1, -0.05) is 30.8 Å². The van der Waals surface area contributed by atoms with Crippen LogP contribution in [0.5, 0.6) is 0 Å². The minimum absolute atomic E-state index is 0.140. The second kappa shape index (κ2) is 6.84. The highest BCUT2D eigenvalue weighted by molar-refractivity contribution is 8.00. The molecule has 1 atom stereocenters. The first-order valence-electron chi connectivity index (χ1n) is 8.29. The molecular weight excluding hydrogens is 355 g/mol. The first kappa shape index (κ1) is 16.7. The third kappa shape index (κ3) is 3.20. The second-order valence-electron chi connectivity index (χ2n) is 6.40. The summed E-state index contributed by atoms with van der Waals surface area (Å²) in [6, 6.07) is 6.12. The van der Waals surface area contributed by atoms with Crippen molar-refractivity contribution in [2.75, 3.05) is 5.75 Å². The molecule has 128 valence electrons. The number of ketones is 1. The topological polar surface area (TPSA) is 42.9 Å². The van der Waals surface area contributed by atoms with E-state index < -0.39 is 5.82 Å². The molecule has 3 aromatic rings. The summed E-state index contributed by atoms with van der Waals surface area (Å²) in [6.45, 7) is 2.28. The van der Waals surface area contributed by atoms with Crippen molar-refractivity contribution in [1.29, 1.82) is 0 Å². The lowest BCUT2D eigenvalue weighted by molar-refractivity contribution is 0.101. The van der Waals surface area contributed by atoms with Crippen molar-refractivity contribution < 1.29 is 9.18 Å². The number of carbonyl (C=O) groups excluding carboxylic acids is 1. The van der Waals surface area contributed by atoms with Gasteiger partial charge in [0.25, 0.3) is 0 Å². The van der Waals surface area contributed by atoms with Gasteiger partial charge in [-0.05, 0) is 42.9 Å². The zero-order chi connectivity index (χ0) is 17.4. The molecule has 0 fully saturated rings. The predicted molar refractivity (Wildman–Crippen MR) is 100 cm³/mol. The summed E-state index contributed by atoms with van der Waals surface area (Å²) in [5.74, 6) is 0.191. The van der Waals surface area contributed by atoms with Crippen LogP contribution in [0.2, 0.25) is 0 Å². The number of thioether (sulfide) groups is 1. The maximum absolute atomic E-state index is 13.8.